The van der Waals surface area contributed by atoms with Gasteiger partial charge in [0.05, 0.1) is 22.3 Å². The van der Waals surface area contributed by atoms with Gasteiger partial charge in [-0.05, 0) is 41.8 Å². The van der Waals surface area contributed by atoms with Gasteiger partial charge in [0.15, 0.2) is 0 Å². The number of hydrogen-bond acceptors (Lipinski definition) is 3. The second-order valence-corrected chi connectivity index (χ2v) is 5.91. The Hall–Kier alpha value is -2.35. The van der Waals surface area contributed by atoms with E-state index in [9.17, 15) is 0 Å². The van der Waals surface area contributed by atoms with Gasteiger partial charge in [-0.1, -0.05) is 41.9 Å². The molecule has 0 atom stereocenters. The van der Waals surface area contributed by atoms with Gasteiger partial charge in [-0.15, -0.1) is 0 Å². The van der Waals surface area contributed by atoms with Crippen molar-refractivity contribution in [2.75, 3.05) is 4.72 Å². The molecule has 3 nitrogen and oxygen atoms in total. The van der Waals surface area contributed by atoms with Gasteiger partial charge < -0.3 is 9.71 Å². The van der Waals surface area contributed by atoms with E-state index < -0.39 is 0 Å². The highest BCUT2D eigenvalue weighted by atomic mass is 35.5. The van der Waals surface area contributed by atoms with E-state index in [-0.39, 0.29) is 0 Å². The number of aromatic nitrogens is 1. The number of H-pyrrole nitrogens is 1. The molecule has 1 heterocycles. The van der Waals surface area contributed by atoms with Crippen LogP contribution in [0, 0.1) is 11.3 Å². The predicted octanol–water partition coefficient (Wildman–Crippen LogP) is 5.33. The van der Waals surface area contributed by atoms with Crippen molar-refractivity contribution in [1.29, 1.82) is 5.26 Å². The first-order valence-corrected chi connectivity index (χ1v) is 7.82. The average Bonchev–Trinajstić information content (AvgIpc) is 3.03. The summed E-state index contributed by atoms with van der Waals surface area (Å²) in [5.41, 5.74) is 3.54. The maximum Gasteiger partial charge on any atom is 0.0992 e. The molecule has 3 aromatic rings. The molecule has 3 rings (SSSR count). The van der Waals surface area contributed by atoms with E-state index in [4.69, 9.17) is 16.9 Å². The molecule has 0 saturated heterocycles. The third kappa shape index (κ3) is 3.28. The van der Waals surface area contributed by atoms with E-state index in [2.05, 4.69) is 34.0 Å². The summed E-state index contributed by atoms with van der Waals surface area (Å²) < 4.78 is 3.20. The minimum atomic E-state index is 0.533. The van der Waals surface area contributed by atoms with Crippen molar-refractivity contribution < 1.29 is 0 Å². The number of anilines is 1. The van der Waals surface area contributed by atoms with Crippen molar-refractivity contribution in [3.05, 3.63) is 71.4 Å². The summed E-state index contributed by atoms with van der Waals surface area (Å²) in [6, 6.07) is 19.5. The molecule has 22 heavy (non-hydrogen) atoms. The summed E-state index contributed by atoms with van der Waals surface area (Å²) in [5, 5.41) is 9.37. The van der Waals surface area contributed by atoms with Crippen molar-refractivity contribution in [2.45, 2.75) is 4.90 Å². The van der Waals surface area contributed by atoms with Gasteiger partial charge in [0.25, 0.3) is 0 Å². The molecule has 108 valence electrons. The van der Waals surface area contributed by atoms with Crippen LogP contribution in [0.25, 0.3) is 11.3 Å². The number of benzene rings is 2. The summed E-state index contributed by atoms with van der Waals surface area (Å²) in [6.07, 6.45) is 1.94. The summed E-state index contributed by atoms with van der Waals surface area (Å²) >= 11 is 7.61. The van der Waals surface area contributed by atoms with E-state index in [1.165, 1.54) is 11.9 Å². The summed E-state index contributed by atoms with van der Waals surface area (Å²) in [5.74, 6) is 0. The Bertz CT molecular complexity index is 821. The van der Waals surface area contributed by atoms with Crippen LogP contribution in [0.15, 0.2) is 65.7 Å². The highest BCUT2D eigenvalue weighted by Crippen LogP contribution is 2.30. The van der Waals surface area contributed by atoms with Crippen LogP contribution in [0.3, 0.4) is 0 Å². The average molecular weight is 326 g/mol. The predicted molar refractivity (Wildman–Crippen MR) is 91.9 cm³/mol. The number of nitrogens with zero attached hydrogens (tertiary/aromatic N) is 1. The third-order valence-corrected chi connectivity index (χ3v) is 4.22. The van der Waals surface area contributed by atoms with E-state index in [0.29, 0.717) is 10.6 Å². The van der Waals surface area contributed by atoms with Gasteiger partial charge in [-0.3, -0.25) is 0 Å². The fraction of sp³-hybridized carbons (Fsp3) is 0. The van der Waals surface area contributed by atoms with Crippen LogP contribution in [0.1, 0.15) is 5.56 Å². The normalized spacial score (nSPS) is 10.2. The van der Waals surface area contributed by atoms with Crippen LogP contribution in [-0.4, -0.2) is 4.98 Å². The topological polar surface area (TPSA) is 51.6 Å². The molecular weight excluding hydrogens is 314 g/mol. The van der Waals surface area contributed by atoms with Gasteiger partial charge >= 0.3 is 0 Å². The van der Waals surface area contributed by atoms with Crippen LogP contribution >= 0.6 is 23.5 Å². The zero-order chi connectivity index (χ0) is 15.4. The summed E-state index contributed by atoms with van der Waals surface area (Å²) in [4.78, 5) is 4.31. The lowest BCUT2D eigenvalue weighted by atomic mass is 10.2. The van der Waals surface area contributed by atoms with Crippen molar-refractivity contribution in [3.8, 4) is 17.3 Å². The summed E-state index contributed by atoms with van der Waals surface area (Å²) in [7, 11) is 0. The number of nitriles is 1. The Morgan fingerprint density at radius 1 is 1.09 bits per heavy atom. The molecular formula is C17H12ClN3S. The molecule has 0 radical (unpaired) electrons. The fourth-order valence-corrected chi connectivity index (χ4v) is 2.98. The molecule has 1 aromatic heterocycles. The smallest absolute Gasteiger partial charge is 0.0992 e. The van der Waals surface area contributed by atoms with Gasteiger partial charge in [0, 0.05) is 16.8 Å². The molecule has 0 amide bonds. The Balaban J connectivity index is 1.70. The van der Waals surface area contributed by atoms with Gasteiger partial charge in [0.2, 0.25) is 0 Å². The Morgan fingerprint density at radius 2 is 1.91 bits per heavy atom. The highest BCUT2D eigenvalue weighted by molar-refractivity contribution is 8.00. The molecule has 2 aromatic carbocycles. The number of halogens is 1. The van der Waals surface area contributed by atoms with Crippen molar-refractivity contribution >= 4 is 29.2 Å². The Labute approximate surface area is 138 Å². The van der Waals surface area contributed by atoms with E-state index in [0.717, 1.165) is 21.8 Å². The Kier molecular flexibility index (Phi) is 4.38. The third-order valence-electron chi connectivity index (χ3n) is 3.12. The van der Waals surface area contributed by atoms with Crippen molar-refractivity contribution in [3.63, 3.8) is 0 Å². The van der Waals surface area contributed by atoms with Gasteiger partial charge in [-0.2, -0.15) is 5.26 Å². The molecule has 0 fully saturated rings. The molecule has 5 heteroatoms. The van der Waals surface area contributed by atoms with Crippen LogP contribution in [0.5, 0.6) is 0 Å². The minimum Gasteiger partial charge on any atom is -0.360 e. The SMILES string of the molecule is N#Cc1ccc(NSc2c[nH]c(-c3ccccc3)c2)c(Cl)c1. The van der Waals surface area contributed by atoms with Crippen LogP contribution in [-0.2, 0) is 0 Å². The molecule has 0 spiro atoms. The first-order valence-electron chi connectivity index (χ1n) is 6.62. The van der Waals surface area contributed by atoms with Crippen LogP contribution < -0.4 is 4.72 Å². The van der Waals surface area contributed by atoms with E-state index in [1.54, 1.807) is 18.2 Å². The first kappa shape index (κ1) is 14.6. The van der Waals surface area contributed by atoms with Gasteiger partial charge in [-0.25, -0.2) is 0 Å². The van der Waals surface area contributed by atoms with E-state index >= 15 is 0 Å². The monoisotopic (exact) mass is 325 g/mol. The minimum absolute atomic E-state index is 0.533. The molecule has 0 aliphatic heterocycles. The second kappa shape index (κ2) is 6.61. The number of hydrogen-bond donors (Lipinski definition) is 2. The first-order chi connectivity index (χ1) is 10.8. The van der Waals surface area contributed by atoms with Gasteiger partial charge in [0.1, 0.15) is 0 Å². The molecule has 0 saturated carbocycles. The standard InChI is InChI=1S/C17H12ClN3S/c18-15-8-12(10-19)6-7-16(15)21-22-14-9-17(20-11-14)13-4-2-1-3-5-13/h1-9,11,20-21H. The maximum absolute atomic E-state index is 8.83. The molecule has 0 unspecified atom stereocenters. The van der Waals surface area contributed by atoms with E-state index in [1.807, 2.05) is 24.4 Å². The lowest BCUT2D eigenvalue weighted by Gasteiger charge is -2.06. The molecule has 0 aliphatic rings. The van der Waals surface area contributed by atoms with Crippen molar-refractivity contribution in [1.82, 2.24) is 4.98 Å². The lowest BCUT2D eigenvalue weighted by molar-refractivity contribution is 1.37. The Morgan fingerprint density at radius 3 is 2.64 bits per heavy atom. The molecule has 0 bridgehead atoms. The largest absolute Gasteiger partial charge is 0.360 e. The zero-order valence-corrected chi connectivity index (χ0v) is 13.1. The fourth-order valence-electron chi connectivity index (χ4n) is 2.00. The number of nitrogens with one attached hydrogen (secondary N) is 2. The number of rotatable bonds is 4. The maximum atomic E-state index is 8.83. The quantitative estimate of drug-likeness (QED) is 0.638. The van der Waals surface area contributed by atoms with Crippen molar-refractivity contribution in [2.24, 2.45) is 0 Å². The summed E-state index contributed by atoms with van der Waals surface area (Å²) in [6.45, 7) is 0. The molecule has 0 aliphatic carbocycles. The number of aromatic amines is 1. The lowest BCUT2D eigenvalue weighted by Crippen LogP contribution is -1.87. The zero-order valence-electron chi connectivity index (χ0n) is 11.5. The second-order valence-electron chi connectivity index (χ2n) is 4.63. The van der Waals surface area contributed by atoms with Crippen LogP contribution in [0.4, 0.5) is 5.69 Å². The van der Waals surface area contributed by atoms with Crippen LogP contribution in [0.2, 0.25) is 5.02 Å². The highest BCUT2D eigenvalue weighted by Gasteiger charge is 2.05. The molecule has 2 N–H and O–H groups in total.